The highest BCUT2D eigenvalue weighted by Crippen LogP contribution is 2.34. The fraction of sp³-hybridized carbons (Fsp3) is 0.250. The molecule has 1 N–H and O–H groups in total. The van der Waals surface area contributed by atoms with E-state index in [-0.39, 0.29) is 5.54 Å². The van der Waals surface area contributed by atoms with E-state index in [9.17, 15) is 0 Å². The lowest BCUT2D eigenvalue weighted by Crippen LogP contribution is -2.31. The topological polar surface area (TPSA) is 47.0 Å². The molecule has 0 radical (unpaired) electrons. The van der Waals surface area contributed by atoms with Gasteiger partial charge in [-0.15, -0.1) is 0 Å². The summed E-state index contributed by atoms with van der Waals surface area (Å²) < 4.78 is 5.72. The molecule has 20 heavy (non-hydrogen) atoms. The minimum absolute atomic E-state index is 0.0511. The monoisotopic (exact) mass is 267 g/mol. The second-order valence-corrected chi connectivity index (χ2v) is 5.51. The highest BCUT2D eigenvalue weighted by atomic mass is 16.5. The highest BCUT2D eigenvalue weighted by molar-refractivity contribution is 5.77. The van der Waals surface area contributed by atoms with Gasteiger partial charge in [-0.1, -0.05) is 6.08 Å². The van der Waals surface area contributed by atoms with Gasteiger partial charge in [0.15, 0.2) is 0 Å². The third-order valence-electron chi connectivity index (χ3n) is 3.13. The number of ether oxygens (including phenoxy) is 1. The molecule has 0 spiro atoms. The quantitative estimate of drug-likeness (QED) is 0.897. The number of anilines is 1. The van der Waals surface area contributed by atoms with E-state index < -0.39 is 0 Å². The van der Waals surface area contributed by atoms with E-state index in [2.05, 4.69) is 42.1 Å². The maximum absolute atomic E-state index is 5.72. The van der Waals surface area contributed by atoms with Gasteiger partial charge in [-0.3, -0.25) is 4.98 Å². The van der Waals surface area contributed by atoms with Gasteiger partial charge in [0.1, 0.15) is 5.75 Å². The molecular formula is C16H17N3O. The molecule has 0 saturated carbocycles. The number of nitrogens with zero attached hydrogens (tertiary/aromatic N) is 2. The van der Waals surface area contributed by atoms with Crippen LogP contribution >= 0.6 is 0 Å². The first-order valence-corrected chi connectivity index (χ1v) is 6.60. The molecule has 1 aliphatic rings. The van der Waals surface area contributed by atoms with Crippen LogP contribution in [0, 0.1) is 0 Å². The predicted molar refractivity (Wildman–Crippen MR) is 79.9 cm³/mol. The maximum atomic E-state index is 5.72. The Hall–Kier alpha value is -2.36. The normalized spacial score (nSPS) is 15.8. The molecule has 0 atom stereocenters. The fourth-order valence-corrected chi connectivity index (χ4v) is 2.42. The second-order valence-electron chi connectivity index (χ2n) is 5.51. The molecule has 0 bridgehead atoms. The van der Waals surface area contributed by atoms with Gasteiger partial charge in [0.2, 0.25) is 5.88 Å². The first-order chi connectivity index (χ1) is 9.53. The van der Waals surface area contributed by atoms with Crippen LogP contribution in [0.1, 0.15) is 26.5 Å². The zero-order valence-corrected chi connectivity index (χ0v) is 11.8. The fourth-order valence-electron chi connectivity index (χ4n) is 2.42. The van der Waals surface area contributed by atoms with E-state index in [4.69, 9.17) is 4.74 Å². The minimum Gasteiger partial charge on any atom is -0.437 e. The van der Waals surface area contributed by atoms with Crippen LogP contribution in [0.2, 0.25) is 0 Å². The van der Waals surface area contributed by atoms with Crippen molar-refractivity contribution in [2.45, 2.75) is 26.3 Å². The molecule has 3 heterocycles. The zero-order chi connectivity index (χ0) is 14.2. The molecule has 4 heteroatoms. The summed E-state index contributed by atoms with van der Waals surface area (Å²) in [7, 11) is 0. The van der Waals surface area contributed by atoms with Gasteiger partial charge >= 0.3 is 0 Å². The molecule has 0 unspecified atom stereocenters. The number of aromatic nitrogens is 2. The smallest absolute Gasteiger partial charge is 0.219 e. The van der Waals surface area contributed by atoms with Crippen molar-refractivity contribution in [1.82, 2.24) is 9.97 Å². The lowest BCUT2D eigenvalue weighted by Gasteiger charge is -2.30. The Bertz CT molecular complexity index is 663. The van der Waals surface area contributed by atoms with Crippen LogP contribution in [0.4, 0.5) is 5.69 Å². The predicted octanol–water partition coefficient (Wildman–Crippen LogP) is 3.88. The second kappa shape index (κ2) is 4.63. The van der Waals surface area contributed by atoms with Gasteiger partial charge < -0.3 is 10.1 Å². The highest BCUT2D eigenvalue weighted by Gasteiger charge is 2.23. The van der Waals surface area contributed by atoms with Gasteiger partial charge in [-0.05, 0) is 44.5 Å². The van der Waals surface area contributed by atoms with E-state index in [0.717, 1.165) is 17.0 Å². The summed E-state index contributed by atoms with van der Waals surface area (Å²) >= 11 is 0. The number of pyridine rings is 2. The molecule has 102 valence electrons. The Balaban J connectivity index is 1.93. The molecule has 2 aromatic rings. The molecule has 4 nitrogen and oxygen atoms in total. The number of hydrogen-bond donors (Lipinski definition) is 1. The number of allylic oxidation sites excluding steroid dienone is 1. The first kappa shape index (κ1) is 12.7. The van der Waals surface area contributed by atoms with Crippen molar-refractivity contribution in [1.29, 1.82) is 0 Å². The summed E-state index contributed by atoms with van der Waals surface area (Å²) in [4.78, 5) is 8.60. The van der Waals surface area contributed by atoms with Crippen LogP contribution in [0.3, 0.4) is 0 Å². The first-order valence-electron chi connectivity index (χ1n) is 6.60. The third kappa shape index (κ3) is 2.50. The van der Waals surface area contributed by atoms with Crippen LogP contribution in [-0.4, -0.2) is 15.5 Å². The summed E-state index contributed by atoms with van der Waals surface area (Å²) in [6, 6.07) is 7.57. The van der Waals surface area contributed by atoms with Crippen molar-refractivity contribution in [3.63, 3.8) is 0 Å². The largest absolute Gasteiger partial charge is 0.437 e. The van der Waals surface area contributed by atoms with Crippen LogP contribution < -0.4 is 10.1 Å². The van der Waals surface area contributed by atoms with Crippen molar-refractivity contribution in [2.24, 2.45) is 0 Å². The zero-order valence-electron chi connectivity index (χ0n) is 11.8. The summed E-state index contributed by atoms with van der Waals surface area (Å²) in [6.45, 7) is 6.35. The van der Waals surface area contributed by atoms with E-state index >= 15 is 0 Å². The Labute approximate surface area is 118 Å². The molecule has 0 amide bonds. The molecule has 0 aromatic carbocycles. The molecule has 0 fully saturated rings. The Morgan fingerprint density at radius 2 is 2.05 bits per heavy atom. The molecule has 1 aliphatic heterocycles. The van der Waals surface area contributed by atoms with Crippen LogP contribution in [0.5, 0.6) is 11.6 Å². The van der Waals surface area contributed by atoms with Crippen LogP contribution in [-0.2, 0) is 0 Å². The van der Waals surface area contributed by atoms with E-state index in [1.165, 1.54) is 0 Å². The number of fused-ring (bicyclic) bond motifs is 1. The third-order valence-corrected chi connectivity index (χ3v) is 3.13. The SMILES string of the molecule is CC1=CC(C)(C)Nc2ccc(Oc3cccnc3)nc21. The van der Waals surface area contributed by atoms with Gasteiger partial charge in [0.25, 0.3) is 0 Å². The van der Waals surface area contributed by atoms with Crippen molar-refractivity contribution < 1.29 is 4.74 Å². The average Bonchev–Trinajstić information content (AvgIpc) is 2.40. The lowest BCUT2D eigenvalue weighted by molar-refractivity contribution is 0.460. The summed E-state index contributed by atoms with van der Waals surface area (Å²) in [5.41, 5.74) is 3.07. The Morgan fingerprint density at radius 3 is 2.80 bits per heavy atom. The van der Waals surface area contributed by atoms with E-state index in [1.54, 1.807) is 12.4 Å². The van der Waals surface area contributed by atoms with Crippen molar-refractivity contribution in [2.75, 3.05) is 5.32 Å². The summed E-state index contributed by atoms with van der Waals surface area (Å²) in [5, 5.41) is 3.45. The Morgan fingerprint density at radius 1 is 1.20 bits per heavy atom. The van der Waals surface area contributed by atoms with Gasteiger partial charge in [0, 0.05) is 12.3 Å². The van der Waals surface area contributed by atoms with Crippen molar-refractivity contribution in [3.05, 3.63) is 48.4 Å². The van der Waals surface area contributed by atoms with E-state index in [0.29, 0.717) is 11.6 Å². The molecule has 0 saturated heterocycles. The number of hydrogen-bond acceptors (Lipinski definition) is 4. The standard InChI is InChI=1S/C16H17N3O/c1-11-9-16(2,3)19-13-6-7-14(18-15(11)13)20-12-5-4-8-17-10-12/h4-10,19H,1-3H3. The average molecular weight is 267 g/mol. The van der Waals surface area contributed by atoms with Gasteiger partial charge in [0.05, 0.1) is 23.1 Å². The summed E-state index contributed by atoms with van der Waals surface area (Å²) in [6.07, 6.45) is 5.56. The maximum Gasteiger partial charge on any atom is 0.219 e. The van der Waals surface area contributed by atoms with Crippen molar-refractivity contribution >= 4 is 11.3 Å². The van der Waals surface area contributed by atoms with Crippen LogP contribution in [0.15, 0.2) is 42.7 Å². The summed E-state index contributed by atoms with van der Waals surface area (Å²) in [5.74, 6) is 1.26. The minimum atomic E-state index is -0.0511. The van der Waals surface area contributed by atoms with Gasteiger partial charge in [-0.2, -0.15) is 0 Å². The van der Waals surface area contributed by atoms with Crippen LogP contribution in [0.25, 0.3) is 5.57 Å². The molecular weight excluding hydrogens is 250 g/mol. The number of rotatable bonds is 2. The van der Waals surface area contributed by atoms with Crippen molar-refractivity contribution in [3.8, 4) is 11.6 Å². The molecule has 0 aliphatic carbocycles. The lowest BCUT2D eigenvalue weighted by atomic mass is 9.94. The Kier molecular flexibility index (Phi) is 2.93. The molecule has 3 rings (SSSR count). The number of nitrogens with one attached hydrogen (secondary N) is 1. The van der Waals surface area contributed by atoms with E-state index in [1.807, 2.05) is 24.3 Å². The molecule has 2 aromatic heterocycles. The van der Waals surface area contributed by atoms with Gasteiger partial charge in [-0.25, -0.2) is 4.98 Å².